The normalized spacial score (nSPS) is 23.9. The van der Waals surface area contributed by atoms with Gasteiger partial charge in [-0.05, 0) is 25.2 Å². The Bertz CT molecular complexity index is 254. The van der Waals surface area contributed by atoms with Crippen LogP contribution in [0.4, 0.5) is 0 Å². The first-order valence-electron chi connectivity index (χ1n) is 5.16. The highest BCUT2D eigenvalue weighted by Gasteiger charge is 2.17. The zero-order valence-electron chi connectivity index (χ0n) is 8.52. The molecular weight excluding hydrogens is 194 g/mol. The van der Waals surface area contributed by atoms with Gasteiger partial charge in [0.1, 0.15) is 0 Å². The van der Waals surface area contributed by atoms with Crippen LogP contribution in [-0.2, 0) is 6.54 Å². The van der Waals surface area contributed by atoms with Crippen molar-refractivity contribution in [1.29, 1.82) is 0 Å². The van der Waals surface area contributed by atoms with Crippen LogP contribution in [0.25, 0.3) is 0 Å². The molecule has 0 bridgehead atoms. The Labute approximate surface area is 89.3 Å². The minimum Gasteiger partial charge on any atom is -0.309 e. The first kappa shape index (κ1) is 10.1. The minimum atomic E-state index is 0.513. The van der Waals surface area contributed by atoms with Gasteiger partial charge in [0.05, 0.1) is 6.54 Å². The number of hydrogen-bond donors (Lipinski definition) is 1. The van der Waals surface area contributed by atoms with Gasteiger partial charge in [-0.2, -0.15) is 16.9 Å². The highest BCUT2D eigenvalue weighted by molar-refractivity contribution is 7.99. The zero-order valence-corrected chi connectivity index (χ0v) is 9.33. The molecule has 1 N–H and O–H groups in total. The van der Waals surface area contributed by atoms with Crippen molar-refractivity contribution in [2.24, 2.45) is 0 Å². The maximum Gasteiger partial charge on any atom is 0.0560 e. The van der Waals surface area contributed by atoms with Gasteiger partial charge in [0.25, 0.3) is 0 Å². The van der Waals surface area contributed by atoms with E-state index in [4.69, 9.17) is 0 Å². The molecule has 78 valence electrons. The van der Waals surface area contributed by atoms with E-state index in [9.17, 15) is 0 Å². The van der Waals surface area contributed by atoms with Crippen LogP contribution in [0.15, 0.2) is 18.5 Å². The van der Waals surface area contributed by atoms with E-state index in [-0.39, 0.29) is 0 Å². The number of rotatable bonds is 4. The molecule has 4 heteroatoms. The second kappa shape index (κ2) is 4.84. The maximum absolute atomic E-state index is 4.20. The monoisotopic (exact) mass is 211 g/mol. The summed E-state index contributed by atoms with van der Waals surface area (Å²) in [6, 6.07) is 3.20. The topological polar surface area (TPSA) is 29.9 Å². The van der Waals surface area contributed by atoms with Crippen molar-refractivity contribution in [3.8, 4) is 0 Å². The standard InChI is InChI=1S/C10H17N3S/c1-9(7-13-5-2-4-11-13)12-10-3-6-14-8-10/h2,4-5,9-10,12H,3,6-8H2,1H3. The van der Waals surface area contributed by atoms with Gasteiger partial charge in [-0.3, -0.25) is 4.68 Å². The van der Waals surface area contributed by atoms with Crippen LogP contribution in [-0.4, -0.2) is 33.4 Å². The summed E-state index contributed by atoms with van der Waals surface area (Å²) in [6.07, 6.45) is 5.16. The number of nitrogens with one attached hydrogen (secondary N) is 1. The van der Waals surface area contributed by atoms with Gasteiger partial charge in [0.15, 0.2) is 0 Å². The van der Waals surface area contributed by atoms with E-state index in [1.54, 1.807) is 0 Å². The average molecular weight is 211 g/mol. The van der Waals surface area contributed by atoms with Gasteiger partial charge in [-0.25, -0.2) is 0 Å². The third-order valence-electron chi connectivity index (χ3n) is 2.47. The molecule has 1 aromatic rings. The number of thioether (sulfide) groups is 1. The molecule has 2 rings (SSSR count). The lowest BCUT2D eigenvalue weighted by Gasteiger charge is -2.18. The number of aromatic nitrogens is 2. The van der Waals surface area contributed by atoms with E-state index in [0.717, 1.165) is 6.54 Å². The Morgan fingerprint density at radius 3 is 3.29 bits per heavy atom. The molecule has 0 saturated carbocycles. The van der Waals surface area contributed by atoms with Crippen LogP contribution in [0.1, 0.15) is 13.3 Å². The smallest absolute Gasteiger partial charge is 0.0560 e. The summed E-state index contributed by atoms with van der Waals surface area (Å²) in [5, 5.41) is 7.84. The lowest BCUT2D eigenvalue weighted by molar-refractivity contribution is 0.410. The summed E-state index contributed by atoms with van der Waals surface area (Å²) in [7, 11) is 0. The molecule has 2 heterocycles. The van der Waals surface area contributed by atoms with Crippen LogP contribution >= 0.6 is 11.8 Å². The number of hydrogen-bond acceptors (Lipinski definition) is 3. The van der Waals surface area contributed by atoms with E-state index in [2.05, 4.69) is 17.3 Å². The molecular formula is C10H17N3S. The molecule has 2 atom stereocenters. The van der Waals surface area contributed by atoms with Crippen molar-refractivity contribution in [3.05, 3.63) is 18.5 Å². The molecule has 1 aliphatic heterocycles. The Hall–Kier alpha value is -0.480. The predicted octanol–water partition coefficient (Wildman–Crippen LogP) is 1.37. The van der Waals surface area contributed by atoms with Crippen molar-refractivity contribution in [1.82, 2.24) is 15.1 Å². The molecule has 2 unspecified atom stereocenters. The quantitative estimate of drug-likeness (QED) is 0.815. The zero-order chi connectivity index (χ0) is 9.80. The van der Waals surface area contributed by atoms with Crippen LogP contribution in [0.3, 0.4) is 0 Å². The van der Waals surface area contributed by atoms with Crippen molar-refractivity contribution in [2.75, 3.05) is 11.5 Å². The summed E-state index contributed by atoms with van der Waals surface area (Å²) in [5.74, 6) is 2.58. The molecule has 0 amide bonds. The first-order chi connectivity index (χ1) is 6.84. The van der Waals surface area contributed by atoms with Gasteiger partial charge in [-0.15, -0.1) is 0 Å². The summed E-state index contributed by atoms with van der Waals surface area (Å²) in [4.78, 5) is 0. The van der Waals surface area contributed by atoms with Gasteiger partial charge in [-0.1, -0.05) is 0 Å². The van der Waals surface area contributed by atoms with E-state index < -0.39 is 0 Å². The fourth-order valence-electron chi connectivity index (χ4n) is 1.81. The molecule has 1 aliphatic rings. The summed E-state index contributed by atoms with van der Waals surface area (Å²) in [6.45, 7) is 3.19. The third-order valence-corrected chi connectivity index (χ3v) is 3.63. The molecule has 0 spiro atoms. The lowest BCUT2D eigenvalue weighted by atomic mass is 10.2. The van der Waals surface area contributed by atoms with Crippen LogP contribution in [0, 0.1) is 0 Å². The van der Waals surface area contributed by atoms with Crippen LogP contribution in [0.2, 0.25) is 0 Å². The molecule has 0 aliphatic carbocycles. The molecule has 3 nitrogen and oxygen atoms in total. The van der Waals surface area contributed by atoms with Crippen LogP contribution < -0.4 is 5.32 Å². The number of nitrogens with zero attached hydrogens (tertiary/aromatic N) is 2. The summed E-state index contributed by atoms with van der Waals surface area (Å²) in [5.41, 5.74) is 0. The van der Waals surface area contributed by atoms with Crippen molar-refractivity contribution >= 4 is 11.8 Å². The summed E-state index contributed by atoms with van der Waals surface area (Å²) < 4.78 is 1.99. The van der Waals surface area contributed by atoms with Crippen molar-refractivity contribution in [2.45, 2.75) is 32.0 Å². The van der Waals surface area contributed by atoms with Crippen molar-refractivity contribution in [3.63, 3.8) is 0 Å². The molecule has 14 heavy (non-hydrogen) atoms. The fraction of sp³-hybridized carbons (Fsp3) is 0.700. The van der Waals surface area contributed by atoms with E-state index in [1.165, 1.54) is 17.9 Å². The van der Waals surface area contributed by atoms with E-state index in [0.29, 0.717) is 12.1 Å². The van der Waals surface area contributed by atoms with E-state index in [1.807, 2.05) is 34.9 Å². The fourth-order valence-corrected chi connectivity index (χ4v) is 2.98. The molecule has 1 saturated heterocycles. The average Bonchev–Trinajstić information content (AvgIpc) is 2.76. The van der Waals surface area contributed by atoms with E-state index >= 15 is 0 Å². The van der Waals surface area contributed by atoms with Crippen LogP contribution in [0.5, 0.6) is 0 Å². The van der Waals surface area contributed by atoms with Gasteiger partial charge >= 0.3 is 0 Å². The highest BCUT2D eigenvalue weighted by Crippen LogP contribution is 2.17. The maximum atomic E-state index is 4.20. The second-order valence-electron chi connectivity index (χ2n) is 3.86. The Morgan fingerprint density at radius 2 is 2.64 bits per heavy atom. The molecule has 0 radical (unpaired) electrons. The Kier molecular flexibility index (Phi) is 3.48. The Balaban J connectivity index is 1.75. The Morgan fingerprint density at radius 1 is 1.71 bits per heavy atom. The first-order valence-corrected chi connectivity index (χ1v) is 6.31. The molecule has 1 fully saturated rings. The third kappa shape index (κ3) is 2.75. The molecule has 0 aromatic carbocycles. The SMILES string of the molecule is CC(Cn1cccn1)NC1CCSC1. The van der Waals surface area contributed by atoms with Gasteiger partial charge < -0.3 is 5.32 Å². The summed E-state index contributed by atoms with van der Waals surface area (Å²) >= 11 is 2.05. The second-order valence-corrected chi connectivity index (χ2v) is 5.01. The predicted molar refractivity (Wildman–Crippen MR) is 60.6 cm³/mol. The molecule has 1 aromatic heterocycles. The van der Waals surface area contributed by atoms with Gasteiger partial charge in [0, 0.05) is 30.2 Å². The lowest BCUT2D eigenvalue weighted by Crippen LogP contribution is -2.39. The largest absolute Gasteiger partial charge is 0.309 e. The van der Waals surface area contributed by atoms with Gasteiger partial charge in [0.2, 0.25) is 0 Å². The highest BCUT2D eigenvalue weighted by atomic mass is 32.2. The van der Waals surface area contributed by atoms with Crippen molar-refractivity contribution < 1.29 is 0 Å². The minimum absolute atomic E-state index is 0.513.